The summed E-state index contributed by atoms with van der Waals surface area (Å²) in [6.07, 6.45) is 5.38. The summed E-state index contributed by atoms with van der Waals surface area (Å²) in [6, 6.07) is 0.0417. The van der Waals surface area contributed by atoms with Crippen LogP contribution in [0.3, 0.4) is 0 Å². The minimum atomic E-state index is 0.0417. The molecule has 1 heterocycles. The average Bonchev–Trinajstić information content (AvgIpc) is 2.45. The third-order valence-electron chi connectivity index (χ3n) is 1.30. The third kappa shape index (κ3) is 0.346. The van der Waals surface area contributed by atoms with Crippen molar-refractivity contribution in [3.8, 4) is 0 Å². The Hall–Kier alpha value is -1.05. The van der Waals surface area contributed by atoms with Gasteiger partial charge in [-0.1, -0.05) is 6.08 Å². The molecule has 0 amide bonds. The first-order valence-corrected chi connectivity index (χ1v) is 2.53. The van der Waals surface area contributed by atoms with Crippen LogP contribution in [0.25, 0.3) is 0 Å². The molecule has 2 rings (SSSR count). The summed E-state index contributed by atoms with van der Waals surface area (Å²) in [7, 11) is 0. The fraction of sp³-hybridized carbons (Fsp3) is 0.167. The van der Waals surface area contributed by atoms with Crippen LogP contribution in [0.5, 0.6) is 0 Å². The fourth-order valence-electron chi connectivity index (χ4n) is 0.800. The van der Waals surface area contributed by atoms with E-state index in [1.54, 1.807) is 12.2 Å². The SMILES string of the molecule is [N]C1=CC=CC2=NC12. The highest BCUT2D eigenvalue weighted by molar-refractivity contribution is 6.12. The van der Waals surface area contributed by atoms with E-state index in [0.29, 0.717) is 5.70 Å². The number of rotatable bonds is 0. The van der Waals surface area contributed by atoms with Gasteiger partial charge in [0, 0.05) is 0 Å². The summed E-state index contributed by atoms with van der Waals surface area (Å²) in [4.78, 5) is 3.95. The maximum Gasteiger partial charge on any atom is 0.136 e. The lowest BCUT2D eigenvalue weighted by atomic mass is 10.1. The Balaban J connectivity index is 2.37. The maximum atomic E-state index is 8.91. The first-order chi connectivity index (χ1) is 3.88. The van der Waals surface area contributed by atoms with E-state index in [0.717, 1.165) is 5.71 Å². The second-order valence-corrected chi connectivity index (χ2v) is 1.91. The number of allylic oxidation sites excluding steroid dienone is 2. The molecule has 1 atom stereocenters. The summed E-state index contributed by atoms with van der Waals surface area (Å²) in [5, 5.41) is 0. The van der Waals surface area contributed by atoms with Crippen molar-refractivity contribution < 1.29 is 0 Å². The van der Waals surface area contributed by atoms with Gasteiger partial charge in [-0.25, -0.2) is 0 Å². The maximum absolute atomic E-state index is 8.91. The van der Waals surface area contributed by atoms with Crippen molar-refractivity contribution in [3.63, 3.8) is 0 Å². The van der Waals surface area contributed by atoms with Crippen molar-refractivity contribution in [2.75, 3.05) is 0 Å². The van der Waals surface area contributed by atoms with Gasteiger partial charge in [0.15, 0.2) is 0 Å². The van der Waals surface area contributed by atoms with Crippen LogP contribution in [-0.2, 0) is 0 Å². The molecule has 2 radical (unpaired) electrons. The van der Waals surface area contributed by atoms with Crippen molar-refractivity contribution in [2.24, 2.45) is 4.99 Å². The second kappa shape index (κ2) is 1.02. The molecule has 2 heteroatoms. The van der Waals surface area contributed by atoms with E-state index >= 15 is 0 Å². The Morgan fingerprint density at radius 3 is 3.12 bits per heavy atom. The van der Waals surface area contributed by atoms with Crippen molar-refractivity contribution in [2.45, 2.75) is 6.04 Å². The third-order valence-corrected chi connectivity index (χ3v) is 1.30. The topological polar surface area (TPSA) is 34.7 Å². The van der Waals surface area contributed by atoms with Crippen molar-refractivity contribution in [1.29, 1.82) is 0 Å². The van der Waals surface area contributed by atoms with Gasteiger partial charge in [-0.2, -0.15) is 5.73 Å². The van der Waals surface area contributed by atoms with E-state index in [1.165, 1.54) is 0 Å². The van der Waals surface area contributed by atoms with Gasteiger partial charge >= 0.3 is 0 Å². The van der Waals surface area contributed by atoms with Crippen LogP contribution in [0.4, 0.5) is 0 Å². The molecule has 1 aliphatic carbocycles. The van der Waals surface area contributed by atoms with E-state index in [4.69, 9.17) is 5.73 Å². The first-order valence-electron chi connectivity index (χ1n) is 2.53. The first kappa shape index (κ1) is 3.89. The number of fused-ring (bicyclic) bond motifs is 1. The fourth-order valence-corrected chi connectivity index (χ4v) is 0.800. The summed E-state index contributed by atoms with van der Waals surface area (Å²) in [5.74, 6) is 0. The van der Waals surface area contributed by atoms with E-state index in [-0.39, 0.29) is 6.04 Å². The zero-order valence-corrected chi connectivity index (χ0v) is 4.20. The van der Waals surface area contributed by atoms with Gasteiger partial charge in [0.25, 0.3) is 0 Å². The van der Waals surface area contributed by atoms with Crippen LogP contribution >= 0.6 is 0 Å². The largest absolute Gasteiger partial charge is 0.271 e. The molecule has 0 aromatic carbocycles. The number of nitrogens with zero attached hydrogens (tertiary/aromatic N) is 2. The summed E-state index contributed by atoms with van der Waals surface area (Å²) < 4.78 is 0. The van der Waals surface area contributed by atoms with Gasteiger partial charge < -0.3 is 0 Å². The smallest absolute Gasteiger partial charge is 0.136 e. The summed E-state index contributed by atoms with van der Waals surface area (Å²) >= 11 is 0. The van der Waals surface area contributed by atoms with Gasteiger partial charge in [-0.05, 0) is 12.2 Å². The Bertz CT molecular complexity index is 211. The monoisotopic (exact) mass is 104 g/mol. The summed E-state index contributed by atoms with van der Waals surface area (Å²) in [5.41, 5.74) is 10.3. The molecule has 0 spiro atoms. The van der Waals surface area contributed by atoms with Crippen molar-refractivity contribution in [1.82, 2.24) is 5.73 Å². The molecule has 0 saturated carbocycles. The average molecular weight is 104 g/mol. The molecule has 8 heavy (non-hydrogen) atoms. The molecule has 1 unspecified atom stereocenters. The number of hydrogen-bond acceptors (Lipinski definition) is 1. The highest BCUT2D eigenvalue weighted by Gasteiger charge is 2.30. The van der Waals surface area contributed by atoms with Gasteiger partial charge in [0.2, 0.25) is 0 Å². The molecule has 2 nitrogen and oxygen atoms in total. The molecule has 1 aliphatic heterocycles. The van der Waals surface area contributed by atoms with Crippen LogP contribution in [0.15, 0.2) is 28.9 Å². The minimum absolute atomic E-state index is 0.0417. The second-order valence-electron chi connectivity index (χ2n) is 1.91. The molecule has 0 aromatic heterocycles. The van der Waals surface area contributed by atoms with Crippen LogP contribution < -0.4 is 5.73 Å². The predicted octanol–water partition coefficient (Wildman–Crippen LogP) is 0.332. The highest BCUT2D eigenvalue weighted by atomic mass is 15.0. The zero-order valence-electron chi connectivity index (χ0n) is 4.20. The minimum Gasteiger partial charge on any atom is -0.271 e. The summed E-state index contributed by atoms with van der Waals surface area (Å²) in [6.45, 7) is 0. The molecule has 2 aliphatic rings. The van der Waals surface area contributed by atoms with Crippen LogP contribution in [-0.4, -0.2) is 11.8 Å². The normalized spacial score (nSPS) is 30.8. The van der Waals surface area contributed by atoms with E-state index in [9.17, 15) is 0 Å². The number of hydrogen-bond donors (Lipinski definition) is 0. The zero-order chi connectivity index (χ0) is 5.56. The molecule has 0 N–H and O–H groups in total. The van der Waals surface area contributed by atoms with E-state index < -0.39 is 0 Å². The lowest BCUT2D eigenvalue weighted by Crippen LogP contribution is -2.02. The molecular formula is C6H4N2. The Labute approximate surface area is 47.4 Å². The number of aliphatic imine (C=N–C) groups is 1. The molecule has 0 fully saturated rings. The molecule has 0 saturated heterocycles. The Kier molecular flexibility index (Phi) is 0.497. The van der Waals surface area contributed by atoms with Crippen molar-refractivity contribution >= 4 is 5.71 Å². The van der Waals surface area contributed by atoms with Gasteiger partial charge in [0.1, 0.15) is 6.04 Å². The lowest BCUT2D eigenvalue weighted by Gasteiger charge is -1.92. The van der Waals surface area contributed by atoms with Crippen molar-refractivity contribution in [3.05, 3.63) is 23.9 Å². The standard InChI is InChI=1S/C6H4N2/c7-4-2-1-3-5-6(4)8-5/h1-3,6H. The van der Waals surface area contributed by atoms with Gasteiger partial charge in [0.05, 0.1) is 11.4 Å². The van der Waals surface area contributed by atoms with Crippen LogP contribution in [0.1, 0.15) is 0 Å². The Morgan fingerprint density at radius 2 is 2.50 bits per heavy atom. The molecular weight excluding hydrogens is 100 g/mol. The molecule has 0 aromatic rings. The van der Waals surface area contributed by atoms with Gasteiger partial charge in [-0.3, -0.25) is 4.99 Å². The highest BCUT2D eigenvalue weighted by Crippen LogP contribution is 2.22. The quantitative estimate of drug-likeness (QED) is 0.424. The Morgan fingerprint density at radius 1 is 1.62 bits per heavy atom. The lowest BCUT2D eigenvalue weighted by molar-refractivity contribution is 1.09. The molecule has 38 valence electrons. The van der Waals surface area contributed by atoms with Gasteiger partial charge in [-0.15, -0.1) is 0 Å². The predicted molar refractivity (Wildman–Crippen MR) is 30.6 cm³/mol. The van der Waals surface area contributed by atoms with Crippen LogP contribution in [0.2, 0.25) is 0 Å². The van der Waals surface area contributed by atoms with Crippen LogP contribution in [0, 0.1) is 0 Å². The molecule has 0 bridgehead atoms. The van der Waals surface area contributed by atoms with E-state index in [1.807, 2.05) is 6.08 Å². The van der Waals surface area contributed by atoms with E-state index in [2.05, 4.69) is 4.99 Å².